The van der Waals surface area contributed by atoms with Gasteiger partial charge in [0.15, 0.2) is 0 Å². The van der Waals surface area contributed by atoms with Crippen LogP contribution in [-0.2, 0) is 0 Å². The number of primary amides is 1. The Morgan fingerprint density at radius 3 is 2.79 bits per heavy atom. The van der Waals surface area contributed by atoms with E-state index in [1.165, 1.54) is 6.07 Å². The zero-order valence-electron chi connectivity index (χ0n) is 8.03. The van der Waals surface area contributed by atoms with Crippen molar-refractivity contribution in [1.29, 1.82) is 0 Å². The van der Waals surface area contributed by atoms with Crippen molar-refractivity contribution in [3.05, 3.63) is 42.0 Å². The molecule has 0 radical (unpaired) electrons. The van der Waals surface area contributed by atoms with Crippen molar-refractivity contribution in [2.45, 2.75) is 12.8 Å². The molecule has 0 bridgehead atoms. The van der Waals surface area contributed by atoms with Gasteiger partial charge in [-0.1, -0.05) is 25.1 Å². The molecule has 1 unspecified atom stereocenters. The fourth-order valence-electron chi connectivity index (χ4n) is 1.25. The minimum Gasteiger partial charge on any atom is -0.507 e. The monoisotopic (exact) mass is 191 g/mol. The van der Waals surface area contributed by atoms with E-state index in [4.69, 9.17) is 5.73 Å². The van der Waals surface area contributed by atoms with E-state index in [1.807, 2.05) is 6.92 Å². The molecule has 1 rings (SSSR count). The van der Waals surface area contributed by atoms with E-state index in [1.54, 1.807) is 18.2 Å². The standard InChI is InChI=1S/C11H13NO2/c1-3-7(2)8-5-4-6-9(10(8)13)11(12)14/h3-7,13H,1H2,2H3,(H2,12,14). The fraction of sp³-hybridized carbons (Fsp3) is 0.182. The second-order valence-electron chi connectivity index (χ2n) is 3.13. The van der Waals surface area contributed by atoms with Crippen LogP contribution in [0.3, 0.4) is 0 Å². The summed E-state index contributed by atoms with van der Waals surface area (Å²) in [6.07, 6.45) is 1.69. The Morgan fingerprint density at radius 1 is 1.64 bits per heavy atom. The zero-order chi connectivity index (χ0) is 10.7. The summed E-state index contributed by atoms with van der Waals surface area (Å²) >= 11 is 0. The Kier molecular flexibility index (Phi) is 2.92. The maximum atomic E-state index is 10.9. The van der Waals surface area contributed by atoms with Gasteiger partial charge in [-0.15, -0.1) is 6.58 Å². The van der Waals surface area contributed by atoms with Gasteiger partial charge in [-0.2, -0.15) is 0 Å². The molecule has 0 aliphatic rings. The van der Waals surface area contributed by atoms with Gasteiger partial charge in [0.25, 0.3) is 5.91 Å². The molecule has 0 spiro atoms. The molecule has 1 atom stereocenters. The Labute approximate surface area is 82.9 Å². The molecule has 1 aromatic rings. The van der Waals surface area contributed by atoms with E-state index in [0.29, 0.717) is 5.56 Å². The molecule has 0 aromatic heterocycles. The van der Waals surface area contributed by atoms with Crippen LogP contribution >= 0.6 is 0 Å². The highest BCUT2D eigenvalue weighted by atomic mass is 16.3. The van der Waals surface area contributed by atoms with Crippen LogP contribution in [0.5, 0.6) is 5.75 Å². The normalized spacial score (nSPS) is 12.1. The number of carbonyl (C=O) groups excluding carboxylic acids is 1. The smallest absolute Gasteiger partial charge is 0.252 e. The number of nitrogens with two attached hydrogens (primary N) is 1. The second-order valence-corrected chi connectivity index (χ2v) is 3.13. The molecular formula is C11H13NO2. The summed E-state index contributed by atoms with van der Waals surface area (Å²) in [5.74, 6) is -0.678. The average molecular weight is 191 g/mol. The molecule has 0 fully saturated rings. The van der Waals surface area contributed by atoms with Crippen LogP contribution in [-0.4, -0.2) is 11.0 Å². The van der Waals surface area contributed by atoms with E-state index >= 15 is 0 Å². The van der Waals surface area contributed by atoms with Crippen molar-refractivity contribution in [3.63, 3.8) is 0 Å². The maximum absolute atomic E-state index is 10.9. The largest absolute Gasteiger partial charge is 0.507 e. The van der Waals surface area contributed by atoms with Crippen LogP contribution in [0, 0.1) is 0 Å². The number of hydrogen-bond donors (Lipinski definition) is 2. The number of rotatable bonds is 3. The van der Waals surface area contributed by atoms with Crippen LogP contribution in [0.25, 0.3) is 0 Å². The first kappa shape index (κ1) is 10.3. The third-order valence-electron chi connectivity index (χ3n) is 2.18. The SMILES string of the molecule is C=CC(C)c1cccc(C(N)=O)c1O. The van der Waals surface area contributed by atoms with Crippen LogP contribution < -0.4 is 5.73 Å². The van der Waals surface area contributed by atoms with Crippen LogP contribution in [0.4, 0.5) is 0 Å². The van der Waals surface area contributed by atoms with E-state index in [9.17, 15) is 9.90 Å². The third-order valence-corrected chi connectivity index (χ3v) is 2.18. The van der Waals surface area contributed by atoms with E-state index in [-0.39, 0.29) is 17.2 Å². The number of hydrogen-bond acceptors (Lipinski definition) is 2. The highest BCUT2D eigenvalue weighted by Crippen LogP contribution is 2.29. The molecule has 74 valence electrons. The summed E-state index contributed by atoms with van der Waals surface area (Å²) < 4.78 is 0. The molecule has 0 aliphatic heterocycles. The number of para-hydroxylation sites is 1. The molecule has 3 heteroatoms. The molecule has 3 N–H and O–H groups in total. The summed E-state index contributed by atoms with van der Waals surface area (Å²) in [4.78, 5) is 10.9. The third kappa shape index (κ3) is 1.76. The predicted molar refractivity (Wildman–Crippen MR) is 55.2 cm³/mol. The number of carbonyl (C=O) groups is 1. The molecule has 0 saturated heterocycles. The van der Waals surface area contributed by atoms with Gasteiger partial charge in [0.2, 0.25) is 0 Å². The predicted octanol–water partition coefficient (Wildman–Crippen LogP) is 1.78. The van der Waals surface area contributed by atoms with E-state index in [2.05, 4.69) is 6.58 Å². The highest BCUT2D eigenvalue weighted by molar-refractivity contribution is 5.96. The molecular weight excluding hydrogens is 178 g/mol. The van der Waals surface area contributed by atoms with Crippen LogP contribution in [0.15, 0.2) is 30.9 Å². The van der Waals surface area contributed by atoms with Gasteiger partial charge in [0.1, 0.15) is 5.75 Å². The van der Waals surface area contributed by atoms with Gasteiger partial charge in [0.05, 0.1) is 5.56 Å². The van der Waals surface area contributed by atoms with Gasteiger partial charge >= 0.3 is 0 Å². The summed E-state index contributed by atoms with van der Waals surface area (Å²) in [5, 5.41) is 9.71. The van der Waals surface area contributed by atoms with Crippen molar-refractivity contribution in [2.24, 2.45) is 5.73 Å². The lowest BCUT2D eigenvalue weighted by Crippen LogP contribution is -2.11. The Bertz CT molecular complexity index is 372. The zero-order valence-corrected chi connectivity index (χ0v) is 8.03. The number of phenols is 1. The van der Waals surface area contributed by atoms with Crippen LogP contribution in [0.1, 0.15) is 28.8 Å². The number of aromatic hydroxyl groups is 1. The molecule has 1 aromatic carbocycles. The number of amides is 1. The summed E-state index contributed by atoms with van der Waals surface area (Å²) in [7, 11) is 0. The lowest BCUT2D eigenvalue weighted by atomic mass is 9.97. The number of allylic oxidation sites excluding steroid dienone is 1. The summed E-state index contributed by atoms with van der Waals surface area (Å²) in [6.45, 7) is 5.51. The van der Waals surface area contributed by atoms with Gasteiger partial charge in [-0.25, -0.2) is 0 Å². The van der Waals surface area contributed by atoms with Crippen molar-refractivity contribution >= 4 is 5.91 Å². The van der Waals surface area contributed by atoms with Gasteiger partial charge in [0, 0.05) is 11.5 Å². The van der Waals surface area contributed by atoms with Crippen LogP contribution in [0.2, 0.25) is 0 Å². The summed E-state index contributed by atoms with van der Waals surface area (Å²) in [5.41, 5.74) is 5.91. The van der Waals surface area contributed by atoms with Gasteiger partial charge in [-0.05, 0) is 6.07 Å². The van der Waals surface area contributed by atoms with Crippen molar-refractivity contribution in [2.75, 3.05) is 0 Å². The molecule has 14 heavy (non-hydrogen) atoms. The fourth-order valence-corrected chi connectivity index (χ4v) is 1.25. The minimum absolute atomic E-state index is 0.00528. The molecule has 0 saturated carbocycles. The summed E-state index contributed by atoms with van der Waals surface area (Å²) in [6, 6.07) is 4.93. The highest BCUT2D eigenvalue weighted by Gasteiger charge is 2.13. The Morgan fingerprint density at radius 2 is 2.29 bits per heavy atom. The maximum Gasteiger partial charge on any atom is 0.252 e. The second kappa shape index (κ2) is 3.96. The quantitative estimate of drug-likeness (QED) is 0.715. The first-order valence-corrected chi connectivity index (χ1v) is 4.32. The number of benzene rings is 1. The van der Waals surface area contributed by atoms with Crippen molar-refractivity contribution < 1.29 is 9.90 Å². The van der Waals surface area contributed by atoms with Crippen molar-refractivity contribution in [3.8, 4) is 5.75 Å². The van der Waals surface area contributed by atoms with Gasteiger partial charge < -0.3 is 10.8 Å². The van der Waals surface area contributed by atoms with Gasteiger partial charge in [-0.3, -0.25) is 4.79 Å². The minimum atomic E-state index is -0.624. The molecule has 3 nitrogen and oxygen atoms in total. The lowest BCUT2D eigenvalue weighted by Gasteiger charge is -2.10. The first-order chi connectivity index (χ1) is 6.57. The molecule has 0 heterocycles. The molecule has 1 amide bonds. The molecule has 0 aliphatic carbocycles. The van der Waals surface area contributed by atoms with Crippen molar-refractivity contribution in [1.82, 2.24) is 0 Å². The Balaban J connectivity index is 3.26. The average Bonchev–Trinajstić information content (AvgIpc) is 2.16. The van der Waals surface area contributed by atoms with E-state index in [0.717, 1.165) is 0 Å². The topological polar surface area (TPSA) is 63.3 Å². The first-order valence-electron chi connectivity index (χ1n) is 4.32. The lowest BCUT2D eigenvalue weighted by molar-refractivity contribution is 0.0997. The van der Waals surface area contributed by atoms with E-state index < -0.39 is 5.91 Å². The Hall–Kier alpha value is -1.77.